The predicted molar refractivity (Wildman–Crippen MR) is 77.1 cm³/mol. The summed E-state index contributed by atoms with van der Waals surface area (Å²) in [6.45, 7) is 7.25. The molecule has 2 atom stereocenters. The summed E-state index contributed by atoms with van der Waals surface area (Å²) in [5, 5.41) is 0. The van der Waals surface area contributed by atoms with Crippen LogP contribution in [-0.2, 0) is 11.3 Å². The Morgan fingerprint density at radius 3 is 2.83 bits per heavy atom. The Kier molecular flexibility index (Phi) is 4.78. The highest BCUT2D eigenvalue weighted by Gasteiger charge is 2.27. The molecule has 1 saturated heterocycles. The molecule has 0 saturated carbocycles. The molecule has 2 heterocycles. The van der Waals surface area contributed by atoms with Crippen molar-refractivity contribution in [1.82, 2.24) is 4.90 Å². The van der Waals surface area contributed by atoms with Gasteiger partial charge in [-0.1, -0.05) is 0 Å². The lowest BCUT2D eigenvalue weighted by atomic mass is 9.98. The van der Waals surface area contributed by atoms with Crippen LogP contribution in [0.2, 0.25) is 0 Å². The third kappa shape index (κ3) is 3.12. The SMILES string of the molecule is COC1CCN(Cc2cc(C)sc2C)C(CN)C1. The van der Waals surface area contributed by atoms with Gasteiger partial charge in [0.2, 0.25) is 0 Å². The Morgan fingerprint density at radius 1 is 1.50 bits per heavy atom. The molecule has 1 aromatic rings. The number of ether oxygens (including phenoxy) is 1. The van der Waals surface area contributed by atoms with Crippen LogP contribution in [0, 0.1) is 13.8 Å². The summed E-state index contributed by atoms with van der Waals surface area (Å²) >= 11 is 1.89. The zero-order valence-corrected chi connectivity index (χ0v) is 12.4. The van der Waals surface area contributed by atoms with E-state index in [0.29, 0.717) is 12.1 Å². The number of piperidine rings is 1. The number of likely N-dealkylation sites (tertiary alicyclic amines) is 1. The van der Waals surface area contributed by atoms with Gasteiger partial charge in [0.05, 0.1) is 6.10 Å². The van der Waals surface area contributed by atoms with Crippen molar-refractivity contribution >= 4 is 11.3 Å². The molecule has 2 N–H and O–H groups in total. The zero-order chi connectivity index (χ0) is 13.1. The van der Waals surface area contributed by atoms with Gasteiger partial charge in [-0.2, -0.15) is 0 Å². The zero-order valence-electron chi connectivity index (χ0n) is 11.6. The summed E-state index contributed by atoms with van der Waals surface area (Å²) in [6, 6.07) is 2.78. The average Bonchev–Trinajstić information content (AvgIpc) is 2.68. The Hall–Kier alpha value is -0.420. The molecule has 3 nitrogen and oxygen atoms in total. The minimum absolute atomic E-state index is 0.389. The van der Waals surface area contributed by atoms with Crippen molar-refractivity contribution in [3.8, 4) is 0 Å². The predicted octanol–water partition coefficient (Wildman–Crippen LogP) is 2.30. The van der Waals surface area contributed by atoms with E-state index in [1.807, 2.05) is 11.3 Å². The lowest BCUT2D eigenvalue weighted by molar-refractivity contribution is 0.0102. The molecule has 18 heavy (non-hydrogen) atoms. The van der Waals surface area contributed by atoms with Crippen LogP contribution in [0.3, 0.4) is 0 Å². The summed E-state index contributed by atoms with van der Waals surface area (Å²) in [5.74, 6) is 0. The lowest BCUT2D eigenvalue weighted by Crippen LogP contribution is -2.47. The number of methoxy groups -OCH3 is 1. The number of thiophene rings is 1. The van der Waals surface area contributed by atoms with E-state index in [1.165, 1.54) is 15.3 Å². The molecule has 2 unspecified atom stereocenters. The first kappa shape index (κ1) is 14.0. The number of nitrogens with zero attached hydrogens (tertiary/aromatic N) is 1. The molecule has 1 fully saturated rings. The third-order valence-corrected chi connectivity index (χ3v) is 4.92. The van der Waals surface area contributed by atoms with E-state index < -0.39 is 0 Å². The van der Waals surface area contributed by atoms with Gasteiger partial charge in [-0.3, -0.25) is 4.90 Å². The molecule has 0 spiro atoms. The van der Waals surface area contributed by atoms with Crippen LogP contribution in [0.4, 0.5) is 0 Å². The van der Waals surface area contributed by atoms with Crippen LogP contribution in [0.1, 0.15) is 28.2 Å². The van der Waals surface area contributed by atoms with Crippen molar-refractivity contribution < 1.29 is 4.74 Å². The highest BCUT2D eigenvalue weighted by Crippen LogP contribution is 2.26. The molecule has 4 heteroatoms. The van der Waals surface area contributed by atoms with Gasteiger partial charge in [-0.25, -0.2) is 0 Å². The van der Waals surface area contributed by atoms with Gasteiger partial charge in [0.15, 0.2) is 0 Å². The van der Waals surface area contributed by atoms with Crippen molar-refractivity contribution in [2.24, 2.45) is 5.73 Å². The van der Waals surface area contributed by atoms with E-state index in [2.05, 4.69) is 24.8 Å². The van der Waals surface area contributed by atoms with Crippen LogP contribution in [0.5, 0.6) is 0 Å². The second-order valence-electron chi connectivity index (χ2n) is 5.18. The molecular formula is C14H24N2OS. The number of hydrogen-bond acceptors (Lipinski definition) is 4. The molecule has 0 aliphatic carbocycles. The Bertz CT molecular complexity index is 391. The molecule has 0 aromatic carbocycles. The first-order valence-corrected chi connectivity index (χ1v) is 7.48. The molecule has 0 radical (unpaired) electrons. The van der Waals surface area contributed by atoms with Gasteiger partial charge >= 0.3 is 0 Å². The monoisotopic (exact) mass is 268 g/mol. The van der Waals surface area contributed by atoms with Crippen molar-refractivity contribution in [2.75, 3.05) is 20.2 Å². The highest BCUT2D eigenvalue weighted by molar-refractivity contribution is 7.12. The van der Waals surface area contributed by atoms with Crippen LogP contribution >= 0.6 is 11.3 Å². The summed E-state index contributed by atoms with van der Waals surface area (Å²) in [7, 11) is 1.81. The summed E-state index contributed by atoms with van der Waals surface area (Å²) < 4.78 is 5.47. The van der Waals surface area contributed by atoms with Gasteiger partial charge in [0.1, 0.15) is 0 Å². The molecule has 0 amide bonds. The van der Waals surface area contributed by atoms with E-state index in [0.717, 1.165) is 32.5 Å². The standard InChI is InChI=1S/C14H24N2OS/c1-10-6-12(11(2)18-10)9-16-5-4-14(17-3)7-13(16)8-15/h6,13-14H,4-5,7-9,15H2,1-3H3. The molecule has 1 aromatic heterocycles. The molecule has 0 bridgehead atoms. The first-order chi connectivity index (χ1) is 8.63. The Balaban J connectivity index is 2.02. The van der Waals surface area contributed by atoms with E-state index in [4.69, 9.17) is 10.5 Å². The van der Waals surface area contributed by atoms with Crippen molar-refractivity contribution in [3.63, 3.8) is 0 Å². The second-order valence-corrected chi connectivity index (χ2v) is 6.64. The highest BCUT2D eigenvalue weighted by atomic mass is 32.1. The van der Waals surface area contributed by atoms with Gasteiger partial charge in [-0.15, -0.1) is 11.3 Å². The maximum Gasteiger partial charge on any atom is 0.0599 e. The van der Waals surface area contributed by atoms with E-state index in [-0.39, 0.29) is 0 Å². The number of aryl methyl sites for hydroxylation is 2. The van der Waals surface area contributed by atoms with Crippen molar-refractivity contribution in [3.05, 3.63) is 21.4 Å². The van der Waals surface area contributed by atoms with Gasteiger partial charge in [0.25, 0.3) is 0 Å². The second kappa shape index (κ2) is 6.15. The molecule has 102 valence electrons. The molecule has 1 aliphatic heterocycles. The van der Waals surface area contributed by atoms with Crippen LogP contribution in [-0.4, -0.2) is 37.2 Å². The van der Waals surface area contributed by atoms with Crippen LogP contribution in [0.25, 0.3) is 0 Å². The van der Waals surface area contributed by atoms with Crippen LogP contribution in [0.15, 0.2) is 6.07 Å². The number of nitrogens with two attached hydrogens (primary N) is 1. The maximum atomic E-state index is 5.91. The van der Waals surface area contributed by atoms with Gasteiger partial charge < -0.3 is 10.5 Å². The molecular weight excluding hydrogens is 244 g/mol. The minimum atomic E-state index is 0.389. The quantitative estimate of drug-likeness (QED) is 0.910. The topological polar surface area (TPSA) is 38.5 Å². The van der Waals surface area contributed by atoms with E-state index >= 15 is 0 Å². The fraction of sp³-hybridized carbons (Fsp3) is 0.714. The van der Waals surface area contributed by atoms with E-state index in [9.17, 15) is 0 Å². The van der Waals surface area contributed by atoms with Gasteiger partial charge in [-0.05, 0) is 38.3 Å². The average molecular weight is 268 g/mol. The fourth-order valence-corrected chi connectivity index (χ4v) is 3.73. The fourth-order valence-electron chi connectivity index (χ4n) is 2.79. The lowest BCUT2D eigenvalue weighted by Gasteiger charge is -2.38. The number of rotatable bonds is 4. The normalized spacial score (nSPS) is 25.6. The number of hydrogen-bond donors (Lipinski definition) is 1. The third-order valence-electron chi connectivity index (χ3n) is 3.91. The Morgan fingerprint density at radius 2 is 2.28 bits per heavy atom. The smallest absolute Gasteiger partial charge is 0.0599 e. The minimum Gasteiger partial charge on any atom is -0.381 e. The van der Waals surface area contributed by atoms with Gasteiger partial charge in [0, 0.05) is 42.5 Å². The molecule has 1 aliphatic rings. The first-order valence-electron chi connectivity index (χ1n) is 6.66. The summed E-state index contributed by atoms with van der Waals surface area (Å²) in [5.41, 5.74) is 7.38. The summed E-state index contributed by atoms with van der Waals surface area (Å²) in [4.78, 5) is 5.36. The summed E-state index contributed by atoms with van der Waals surface area (Å²) in [6.07, 6.45) is 2.57. The Labute approximate surface area is 114 Å². The molecule has 2 rings (SSSR count). The van der Waals surface area contributed by atoms with Crippen LogP contribution < -0.4 is 5.73 Å². The van der Waals surface area contributed by atoms with E-state index in [1.54, 1.807) is 7.11 Å². The van der Waals surface area contributed by atoms with Crippen molar-refractivity contribution in [1.29, 1.82) is 0 Å². The largest absolute Gasteiger partial charge is 0.381 e. The maximum absolute atomic E-state index is 5.91. The van der Waals surface area contributed by atoms with Crippen molar-refractivity contribution in [2.45, 2.75) is 45.4 Å².